The van der Waals surface area contributed by atoms with Crippen LogP contribution in [-0.2, 0) is 11.3 Å². The maximum atomic E-state index is 12.2. The molecule has 0 aliphatic rings. The lowest BCUT2D eigenvalue weighted by molar-refractivity contribution is -0.384. The number of nitro groups is 1. The molecule has 3 aromatic rings. The number of benzene rings is 2. The van der Waals surface area contributed by atoms with E-state index in [0.717, 1.165) is 5.56 Å². The number of nitrogens with zero attached hydrogens (tertiary/aromatic N) is 3. The van der Waals surface area contributed by atoms with Crippen LogP contribution in [0.2, 0.25) is 0 Å². The molecule has 1 aromatic heterocycles. The summed E-state index contributed by atoms with van der Waals surface area (Å²) in [6.07, 6.45) is 8.46. The van der Waals surface area contributed by atoms with Gasteiger partial charge in [0.25, 0.3) is 11.6 Å². The van der Waals surface area contributed by atoms with Crippen LogP contribution in [0.15, 0.2) is 59.6 Å². The van der Waals surface area contributed by atoms with E-state index in [1.807, 2.05) is 30.3 Å². The van der Waals surface area contributed by atoms with E-state index < -0.39 is 10.8 Å². The highest BCUT2D eigenvalue weighted by molar-refractivity contribution is 7.16. The molecule has 0 bridgehead atoms. The molecule has 0 saturated heterocycles. The third-order valence-corrected chi connectivity index (χ3v) is 4.59. The van der Waals surface area contributed by atoms with Gasteiger partial charge in [-0.1, -0.05) is 47.6 Å². The van der Waals surface area contributed by atoms with Crippen LogP contribution in [-0.4, -0.2) is 15.4 Å². The van der Waals surface area contributed by atoms with Crippen LogP contribution in [0.3, 0.4) is 0 Å². The number of terminal acetylenes is 1. The number of aromatic nitrogens is 1. The second-order valence-electron chi connectivity index (χ2n) is 5.28. The molecule has 0 aliphatic heterocycles. The molecule has 0 N–H and O–H groups in total. The van der Waals surface area contributed by atoms with Gasteiger partial charge in [-0.2, -0.15) is 4.99 Å². The highest BCUT2D eigenvalue weighted by Gasteiger charge is 2.11. The molecule has 2 aromatic carbocycles. The number of fused-ring (bicyclic) bond motifs is 1. The Hall–Kier alpha value is -3.50. The Labute approximate surface area is 152 Å². The van der Waals surface area contributed by atoms with E-state index in [1.54, 1.807) is 16.7 Å². The highest BCUT2D eigenvalue weighted by atomic mass is 32.1. The second-order valence-corrected chi connectivity index (χ2v) is 6.29. The molecule has 3 rings (SSSR count). The molecule has 6 nitrogen and oxygen atoms in total. The minimum atomic E-state index is -0.463. The predicted molar refractivity (Wildman–Crippen MR) is 101 cm³/mol. The Balaban J connectivity index is 2.02. The summed E-state index contributed by atoms with van der Waals surface area (Å²) in [5, 5.41) is 10.9. The van der Waals surface area contributed by atoms with Gasteiger partial charge in [-0.3, -0.25) is 14.9 Å². The molecule has 0 atom stereocenters. The molecule has 0 spiro atoms. The lowest BCUT2D eigenvalue weighted by atomic mass is 10.2. The molecule has 26 heavy (non-hydrogen) atoms. The van der Waals surface area contributed by atoms with Crippen molar-refractivity contribution < 1.29 is 9.72 Å². The first-order chi connectivity index (χ1) is 12.6. The molecule has 7 heteroatoms. The third kappa shape index (κ3) is 3.77. The zero-order valence-corrected chi connectivity index (χ0v) is 14.3. The van der Waals surface area contributed by atoms with Gasteiger partial charge in [0.15, 0.2) is 4.80 Å². The summed E-state index contributed by atoms with van der Waals surface area (Å²) in [4.78, 5) is 27.2. The van der Waals surface area contributed by atoms with E-state index in [1.165, 1.54) is 29.5 Å². The van der Waals surface area contributed by atoms with Crippen LogP contribution in [0.5, 0.6) is 0 Å². The van der Waals surface area contributed by atoms with Gasteiger partial charge in [0.1, 0.15) is 0 Å². The number of hydrogen-bond donors (Lipinski definition) is 0. The van der Waals surface area contributed by atoms with Crippen LogP contribution >= 0.6 is 11.3 Å². The maximum absolute atomic E-state index is 12.2. The molecule has 1 amide bonds. The second kappa shape index (κ2) is 7.59. The predicted octanol–water partition coefficient (Wildman–Crippen LogP) is 3.38. The average Bonchev–Trinajstić information content (AvgIpc) is 2.97. The number of amides is 1. The van der Waals surface area contributed by atoms with Gasteiger partial charge < -0.3 is 4.57 Å². The van der Waals surface area contributed by atoms with Crippen molar-refractivity contribution in [2.75, 3.05) is 0 Å². The Morgan fingerprint density at radius 3 is 2.77 bits per heavy atom. The van der Waals surface area contributed by atoms with Crippen molar-refractivity contribution in [3.63, 3.8) is 0 Å². The lowest BCUT2D eigenvalue weighted by Crippen LogP contribution is -2.15. The largest absolute Gasteiger partial charge is 0.305 e. The number of thiazole rings is 1. The molecule has 128 valence electrons. The van der Waals surface area contributed by atoms with Crippen LogP contribution in [0.25, 0.3) is 16.3 Å². The van der Waals surface area contributed by atoms with E-state index in [4.69, 9.17) is 6.42 Å². The van der Waals surface area contributed by atoms with Gasteiger partial charge in [0.05, 0.1) is 21.7 Å². The van der Waals surface area contributed by atoms with E-state index in [2.05, 4.69) is 10.9 Å². The zero-order chi connectivity index (χ0) is 18.5. The van der Waals surface area contributed by atoms with Gasteiger partial charge in [0, 0.05) is 18.2 Å². The molecular formula is C19H13N3O3S. The lowest BCUT2D eigenvalue weighted by Gasteiger charge is -1.99. The minimum Gasteiger partial charge on any atom is -0.305 e. The summed E-state index contributed by atoms with van der Waals surface area (Å²) in [5.74, 6) is 2.09. The molecule has 0 radical (unpaired) electrons. The van der Waals surface area contributed by atoms with Crippen molar-refractivity contribution in [1.82, 2.24) is 4.57 Å². The van der Waals surface area contributed by atoms with Crippen LogP contribution in [0, 0.1) is 22.5 Å². The van der Waals surface area contributed by atoms with Crippen LogP contribution in [0.1, 0.15) is 5.56 Å². The first-order valence-electron chi connectivity index (χ1n) is 7.61. The molecule has 0 saturated carbocycles. The fourth-order valence-electron chi connectivity index (χ4n) is 2.37. The third-order valence-electron chi connectivity index (χ3n) is 3.55. The van der Waals surface area contributed by atoms with E-state index in [9.17, 15) is 14.9 Å². The van der Waals surface area contributed by atoms with Gasteiger partial charge in [-0.25, -0.2) is 0 Å². The number of carbonyl (C=O) groups excluding carboxylic acids is 1. The number of nitro benzene ring substituents is 1. The van der Waals surface area contributed by atoms with Crippen molar-refractivity contribution in [2.45, 2.75) is 6.54 Å². The SMILES string of the molecule is C#CCn1c(=NC(=O)/C=C/c2ccccc2)sc2cc([N+](=O)[O-])ccc21. The fourth-order valence-corrected chi connectivity index (χ4v) is 3.44. The standard InChI is InChI=1S/C19H13N3O3S/c1-2-12-21-16-10-9-15(22(24)25)13-17(16)26-19(21)20-18(23)11-8-14-6-4-3-5-7-14/h1,3-11,13H,12H2/b11-8+,20-19?. The summed E-state index contributed by atoms with van der Waals surface area (Å²) in [7, 11) is 0. The minimum absolute atomic E-state index is 0.0199. The van der Waals surface area contributed by atoms with Crippen LogP contribution < -0.4 is 4.80 Å². The monoisotopic (exact) mass is 363 g/mol. The maximum Gasteiger partial charge on any atom is 0.272 e. The molecule has 0 unspecified atom stereocenters. The molecule has 0 fully saturated rings. The summed E-state index contributed by atoms with van der Waals surface area (Å²) < 4.78 is 2.34. The summed E-state index contributed by atoms with van der Waals surface area (Å²) in [6, 6.07) is 13.9. The number of rotatable bonds is 4. The highest BCUT2D eigenvalue weighted by Crippen LogP contribution is 2.23. The average molecular weight is 363 g/mol. The van der Waals surface area contributed by atoms with Gasteiger partial charge in [0.2, 0.25) is 0 Å². The Bertz CT molecular complexity index is 1120. The fraction of sp³-hybridized carbons (Fsp3) is 0.0526. The van der Waals surface area contributed by atoms with Crippen molar-refractivity contribution in [2.24, 2.45) is 4.99 Å². The topological polar surface area (TPSA) is 77.5 Å². The first kappa shape index (κ1) is 17.3. The van der Waals surface area contributed by atoms with Gasteiger partial charge >= 0.3 is 0 Å². The van der Waals surface area contributed by atoms with E-state index in [0.29, 0.717) is 15.0 Å². The molecule has 0 aliphatic carbocycles. The number of carbonyl (C=O) groups is 1. The van der Waals surface area contributed by atoms with E-state index in [-0.39, 0.29) is 12.2 Å². The number of non-ortho nitro benzene ring substituents is 1. The number of hydrogen-bond acceptors (Lipinski definition) is 4. The molecule has 1 heterocycles. The van der Waals surface area contributed by atoms with Crippen LogP contribution in [0.4, 0.5) is 5.69 Å². The van der Waals surface area contributed by atoms with Crippen molar-refractivity contribution in [3.8, 4) is 12.3 Å². The smallest absolute Gasteiger partial charge is 0.272 e. The van der Waals surface area contributed by atoms with Crippen molar-refractivity contribution in [1.29, 1.82) is 0 Å². The first-order valence-corrected chi connectivity index (χ1v) is 8.43. The summed E-state index contributed by atoms with van der Waals surface area (Å²) >= 11 is 1.19. The van der Waals surface area contributed by atoms with Crippen molar-refractivity contribution >= 4 is 39.2 Å². The van der Waals surface area contributed by atoms with E-state index >= 15 is 0 Å². The zero-order valence-electron chi connectivity index (χ0n) is 13.5. The Kier molecular flexibility index (Phi) is 5.06. The summed E-state index contributed by atoms with van der Waals surface area (Å²) in [6.45, 7) is 0.215. The molecular weight excluding hydrogens is 350 g/mol. The Morgan fingerprint density at radius 2 is 2.08 bits per heavy atom. The quantitative estimate of drug-likeness (QED) is 0.308. The van der Waals surface area contributed by atoms with Gasteiger partial charge in [-0.05, 0) is 17.7 Å². The Morgan fingerprint density at radius 1 is 1.31 bits per heavy atom. The summed E-state index contributed by atoms with van der Waals surface area (Å²) in [5.41, 5.74) is 1.57. The normalized spacial score (nSPS) is 11.7. The van der Waals surface area contributed by atoms with Gasteiger partial charge in [-0.15, -0.1) is 6.42 Å². The van der Waals surface area contributed by atoms with Crippen molar-refractivity contribution in [3.05, 3.63) is 75.1 Å².